The molecule has 1 aliphatic rings. The lowest BCUT2D eigenvalue weighted by Crippen LogP contribution is -2.42. The molecule has 3 rings (SSSR count). The normalized spacial score (nSPS) is 19.1. The zero-order valence-corrected chi connectivity index (χ0v) is 12.5. The Morgan fingerprint density at radius 1 is 1.39 bits per heavy atom. The Morgan fingerprint density at radius 2 is 2.13 bits per heavy atom. The van der Waals surface area contributed by atoms with Gasteiger partial charge in [0, 0.05) is 35.7 Å². The molecule has 0 aromatic carbocycles. The van der Waals surface area contributed by atoms with Gasteiger partial charge in [-0.2, -0.15) is 4.57 Å². The van der Waals surface area contributed by atoms with Crippen molar-refractivity contribution in [3.63, 3.8) is 0 Å². The highest BCUT2D eigenvalue weighted by atomic mass is 16.5. The lowest BCUT2D eigenvalue weighted by atomic mass is 9.96. The Hall–Kier alpha value is -2.80. The predicted molar refractivity (Wildman–Crippen MR) is 78.0 cm³/mol. The van der Waals surface area contributed by atoms with Gasteiger partial charge in [-0.3, -0.25) is 9.78 Å². The van der Waals surface area contributed by atoms with Crippen molar-refractivity contribution < 1.29 is 24.0 Å². The maximum Gasteiger partial charge on any atom is 0.372 e. The van der Waals surface area contributed by atoms with Crippen molar-refractivity contribution in [2.75, 3.05) is 6.61 Å². The summed E-state index contributed by atoms with van der Waals surface area (Å²) in [6, 6.07) is 4.90. The van der Waals surface area contributed by atoms with Crippen LogP contribution >= 0.6 is 0 Å². The first-order chi connectivity index (χ1) is 11.0. The van der Waals surface area contributed by atoms with Crippen molar-refractivity contribution in [3.8, 4) is 0 Å². The molecule has 118 valence electrons. The first-order valence-corrected chi connectivity index (χ1v) is 7.19. The molecule has 0 saturated carbocycles. The maximum absolute atomic E-state index is 12.0. The molecule has 3 heterocycles. The van der Waals surface area contributed by atoms with Crippen molar-refractivity contribution in [3.05, 3.63) is 59.7 Å². The third kappa shape index (κ3) is 2.66. The van der Waals surface area contributed by atoms with Gasteiger partial charge < -0.3 is 15.2 Å². The molecule has 0 spiro atoms. The molecule has 1 unspecified atom stereocenters. The number of carbonyl (C=O) groups excluding carboxylic acids is 2. The molecule has 1 atom stereocenters. The van der Waals surface area contributed by atoms with Gasteiger partial charge in [-0.05, 0) is 13.0 Å². The third-order valence-corrected chi connectivity index (χ3v) is 3.68. The summed E-state index contributed by atoms with van der Waals surface area (Å²) < 4.78 is 6.52. The second-order valence-corrected chi connectivity index (χ2v) is 5.15. The number of hydrogen-bond acceptors (Lipinski definition) is 5. The van der Waals surface area contributed by atoms with E-state index in [-0.39, 0.29) is 18.4 Å². The Labute approximate surface area is 132 Å². The standard InChI is InChI=1S/C16H15N3O4/c1-2-23-14(20)10-19-7-4-11(5-8-19)16(22)13-3-6-17-9-12(13)15(21)18-16/h3-9,22H,2,10H2,1H3/p+1. The number of pyridine rings is 2. The van der Waals surface area contributed by atoms with Crippen LogP contribution in [-0.2, 0) is 21.8 Å². The topological polar surface area (TPSA) is 92.4 Å². The molecule has 7 heteroatoms. The Kier molecular flexibility index (Phi) is 3.79. The summed E-state index contributed by atoms with van der Waals surface area (Å²) >= 11 is 0. The van der Waals surface area contributed by atoms with E-state index in [0.717, 1.165) is 0 Å². The van der Waals surface area contributed by atoms with Gasteiger partial charge in [0.25, 0.3) is 5.91 Å². The second kappa shape index (κ2) is 5.77. The minimum atomic E-state index is -1.60. The molecule has 23 heavy (non-hydrogen) atoms. The number of amides is 1. The summed E-state index contributed by atoms with van der Waals surface area (Å²) in [7, 11) is 0. The summed E-state index contributed by atoms with van der Waals surface area (Å²) in [4.78, 5) is 27.3. The van der Waals surface area contributed by atoms with Crippen LogP contribution < -0.4 is 9.88 Å². The molecule has 0 radical (unpaired) electrons. The molecule has 2 aromatic heterocycles. The van der Waals surface area contributed by atoms with E-state index in [1.807, 2.05) is 0 Å². The second-order valence-electron chi connectivity index (χ2n) is 5.15. The lowest BCUT2D eigenvalue weighted by Gasteiger charge is -2.23. The molecule has 0 fully saturated rings. The van der Waals surface area contributed by atoms with Gasteiger partial charge in [-0.15, -0.1) is 0 Å². The number of aromatic nitrogens is 2. The number of esters is 1. The molecule has 0 saturated heterocycles. The van der Waals surface area contributed by atoms with E-state index in [0.29, 0.717) is 23.3 Å². The molecular weight excluding hydrogens is 298 g/mol. The molecule has 0 aliphatic carbocycles. The van der Waals surface area contributed by atoms with Gasteiger partial charge in [0.15, 0.2) is 18.1 Å². The first-order valence-electron chi connectivity index (χ1n) is 7.19. The van der Waals surface area contributed by atoms with Crippen LogP contribution in [0.2, 0.25) is 0 Å². The summed E-state index contributed by atoms with van der Waals surface area (Å²) in [6.07, 6.45) is 6.24. The van der Waals surface area contributed by atoms with Crippen molar-refractivity contribution in [2.24, 2.45) is 0 Å². The van der Waals surface area contributed by atoms with Crippen LogP contribution in [0.1, 0.15) is 28.4 Å². The SMILES string of the molecule is CCOC(=O)C[n+]1ccc(C2(O)NC(=O)c3cnccc32)cc1. The minimum Gasteiger partial charge on any atom is -0.461 e. The maximum atomic E-state index is 12.0. The van der Waals surface area contributed by atoms with Crippen LogP contribution in [0.4, 0.5) is 0 Å². The first kappa shape index (κ1) is 15.1. The fraction of sp³-hybridized carbons (Fsp3) is 0.250. The van der Waals surface area contributed by atoms with Crippen LogP contribution in [0.3, 0.4) is 0 Å². The zero-order chi connectivity index (χ0) is 16.4. The van der Waals surface area contributed by atoms with Crippen molar-refractivity contribution >= 4 is 11.9 Å². The Morgan fingerprint density at radius 3 is 2.83 bits per heavy atom. The Bertz CT molecular complexity index is 760. The molecular formula is C16H16N3O4+. The summed E-state index contributed by atoms with van der Waals surface area (Å²) in [5.74, 6) is -0.714. The number of nitrogens with zero attached hydrogens (tertiary/aromatic N) is 2. The zero-order valence-electron chi connectivity index (χ0n) is 12.5. The molecule has 2 aromatic rings. The monoisotopic (exact) mass is 314 g/mol. The fourth-order valence-corrected chi connectivity index (χ4v) is 2.58. The van der Waals surface area contributed by atoms with Crippen LogP contribution in [0, 0.1) is 0 Å². The lowest BCUT2D eigenvalue weighted by molar-refractivity contribution is -0.686. The number of hydrogen-bond donors (Lipinski definition) is 2. The quantitative estimate of drug-likeness (QED) is 0.606. The van der Waals surface area contributed by atoms with Crippen molar-refractivity contribution in [1.82, 2.24) is 10.3 Å². The number of ether oxygens (including phenoxy) is 1. The predicted octanol–water partition coefficient (Wildman–Crippen LogP) is -0.131. The van der Waals surface area contributed by atoms with Crippen molar-refractivity contribution in [1.29, 1.82) is 0 Å². The average Bonchev–Trinajstić information content (AvgIpc) is 2.81. The van der Waals surface area contributed by atoms with Gasteiger partial charge in [0.05, 0.1) is 12.2 Å². The van der Waals surface area contributed by atoms with Crippen LogP contribution in [0.25, 0.3) is 0 Å². The van der Waals surface area contributed by atoms with Crippen LogP contribution in [0.15, 0.2) is 43.0 Å². The largest absolute Gasteiger partial charge is 0.461 e. The molecule has 0 bridgehead atoms. The highest BCUT2D eigenvalue weighted by Gasteiger charge is 2.43. The summed E-state index contributed by atoms with van der Waals surface area (Å²) in [5, 5.41) is 13.4. The highest BCUT2D eigenvalue weighted by molar-refractivity contribution is 5.99. The van der Waals surface area contributed by atoms with Crippen LogP contribution in [-0.4, -0.2) is 28.6 Å². The molecule has 7 nitrogen and oxygen atoms in total. The summed E-state index contributed by atoms with van der Waals surface area (Å²) in [5.41, 5.74) is -0.298. The van der Waals surface area contributed by atoms with Gasteiger partial charge in [0.1, 0.15) is 0 Å². The van der Waals surface area contributed by atoms with E-state index in [2.05, 4.69) is 10.3 Å². The molecule has 2 N–H and O–H groups in total. The number of fused-ring (bicyclic) bond motifs is 1. The number of carbonyl (C=O) groups is 2. The van der Waals surface area contributed by atoms with Gasteiger partial charge in [-0.1, -0.05) is 0 Å². The van der Waals surface area contributed by atoms with E-state index in [1.165, 1.54) is 12.4 Å². The van der Waals surface area contributed by atoms with E-state index in [4.69, 9.17) is 4.74 Å². The van der Waals surface area contributed by atoms with Crippen LogP contribution in [0.5, 0.6) is 0 Å². The van der Waals surface area contributed by atoms with Gasteiger partial charge in [-0.25, -0.2) is 4.79 Å². The average molecular weight is 314 g/mol. The van der Waals surface area contributed by atoms with Gasteiger partial charge in [0.2, 0.25) is 6.54 Å². The van der Waals surface area contributed by atoms with E-state index in [9.17, 15) is 14.7 Å². The number of aliphatic hydroxyl groups is 1. The van der Waals surface area contributed by atoms with E-state index >= 15 is 0 Å². The summed E-state index contributed by atoms with van der Waals surface area (Å²) in [6.45, 7) is 2.16. The smallest absolute Gasteiger partial charge is 0.372 e. The molecule has 1 aliphatic heterocycles. The molecule has 1 amide bonds. The van der Waals surface area contributed by atoms with Gasteiger partial charge >= 0.3 is 5.97 Å². The minimum absolute atomic E-state index is 0.0828. The fourth-order valence-electron chi connectivity index (χ4n) is 2.58. The number of nitrogens with one attached hydrogen (secondary N) is 1. The van der Waals surface area contributed by atoms with Crippen molar-refractivity contribution in [2.45, 2.75) is 19.2 Å². The van der Waals surface area contributed by atoms with E-state index < -0.39 is 5.72 Å². The third-order valence-electron chi connectivity index (χ3n) is 3.68. The number of rotatable bonds is 4. The van der Waals surface area contributed by atoms with E-state index in [1.54, 1.807) is 42.1 Å². The Balaban J connectivity index is 1.88. The highest BCUT2D eigenvalue weighted by Crippen LogP contribution is 2.33.